The molecule has 0 atom stereocenters. The van der Waals surface area contributed by atoms with E-state index in [4.69, 9.17) is 19.7 Å². The number of amides is 2. The molecule has 0 unspecified atom stereocenters. The standard InChI is InChI=1S/C24H24N10O3/c1-36-20-12-17-15-26-23(28-19(17)13-21(20)37-11-6-22-29-31-32-30-22)33-7-9-34(10-8-33)24(35)27-18-4-2-16(14-25)3-5-18/h2-5,12-13,15H,6-11H2,1H3,(H,27,35)(H,29,30,31,32). The lowest BCUT2D eigenvalue weighted by molar-refractivity contribution is 0.208. The third-order valence-electron chi connectivity index (χ3n) is 5.94. The highest BCUT2D eigenvalue weighted by Crippen LogP contribution is 2.32. The molecule has 13 nitrogen and oxygen atoms in total. The molecule has 188 valence electrons. The van der Waals surface area contributed by atoms with Crippen molar-refractivity contribution in [3.05, 3.63) is 54.0 Å². The van der Waals surface area contributed by atoms with Gasteiger partial charge in [0.25, 0.3) is 0 Å². The molecular weight excluding hydrogens is 476 g/mol. The van der Waals surface area contributed by atoms with E-state index in [2.05, 4.69) is 37.0 Å². The molecule has 0 bridgehead atoms. The SMILES string of the molecule is COc1cc2cnc(N3CCN(C(=O)Nc4ccc(C#N)cc4)CC3)nc2cc1OCCc1nn[nH]n1. The first-order chi connectivity index (χ1) is 18.1. The van der Waals surface area contributed by atoms with Gasteiger partial charge in [-0.2, -0.15) is 10.5 Å². The van der Waals surface area contributed by atoms with Crippen molar-refractivity contribution in [3.63, 3.8) is 0 Å². The Bertz CT molecular complexity index is 1410. The lowest BCUT2D eigenvalue weighted by Gasteiger charge is -2.34. The summed E-state index contributed by atoms with van der Waals surface area (Å²) in [6.45, 7) is 2.59. The molecule has 5 rings (SSSR count). The van der Waals surface area contributed by atoms with Crippen LogP contribution in [-0.2, 0) is 6.42 Å². The number of aromatic nitrogens is 6. The van der Waals surface area contributed by atoms with Gasteiger partial charge in [0, 0.05) is 55.9 Å². The van der Waals surface area contributed by atoms with Crippen molar-refractivity contribution < 1.29 is 14.3 Å². The number of ether oxygens (including phenoxy) is 2. The Morgan fingerprint density at radius 1 is 1.16 bits per heavy atom. The van der Waals surface area contributed by atoms with Gasteiger partial charge in [-0.15, -0.1) is 10.2 Å². The number of hydrogen-bond acceptors (Lipinski definition) is 10. The fraction of sp³-hybridized carbons (Fsp3) is 0.292. The minimum Gasteiger partial charge on any atom is -0.493 e. The molecule has 0 saturated carbocycles. The number of urea groups is 1. The number of tetrazole rings is 1. The van der Waals surface area contributed by atoms with Gasteiger partial charge in [-0.3, -0.25) is 0 Å². The molecular formula is C24H24N10O3. The number of fused-ring (bicyclic) bond motifs is 1. The Hall–Kier alpha value is -4.99. The smallest absolute Gasteiger partial charge is 0.321 e. The zero-order chi connectivity index (χ0) is 25.6. The molecule has 4 aromatic rings. The van der Waals surface area contributed by atoms with Crippen molar-refractivity contribution in [2.45, 2.75) is 6.42 Å². The predicted octanol–water partition coefficient (Wildman–Crippen LogP) is 2.00. The number of methoxy groups -OCH3 is 1. The summed E-state index contributed by atoms with van der Waals surface area (Å²) in [7, 11) is 1.58. The van der Waals surface area contributed by atoms with E-state index in [1.54, 1.807) is 42.5 Å². The fourth-order valence-corrected chi connectivity index (χ4v) is 3.93. The van der Waals surface area contributed by atoms with E-state index < -0.39 is 0 Å². The van der Waals surface area contributed by atoms with Crippen LogP contribution in [0.15, 0.2) is 42.6 Å². The van der Waals surface area contributed by atoms with Gasteiger partial charge in [0.2, 0.25) is 5.95 Å². The number of H-pyrrole nitrogens is 1. The predicted molar refractivity (Wildman–Crippen MR) is 133 cm³/mol. The van der Waals surface area contributed by atoms with E-state index in [1.165, 1.54) is 0 Å². The van der Waals surface area contributed by atoms with Gasteiger partial charge >= 0.3 is 6.03 Å². The van der Waals surface area contributed by atoms with Crippen molar-refractivity contribution in [1.29, 1.82) is 5.26 Å². The van der Waals surface area contributed by atoms with Gasteiger partial charge in [-0.1, -0.05) is 5.21 Å². The van der Waals surface area contributed by atoms with Crippen molar-refractivity contribution in [2.24, 2.45) is 0 Å². The summed E-state index contributed by atoms with van der Waals surface area (Å²) in [5.74, 6) is 2.29. The van der Waals surface area contributed by atoms with E-state index in [0.29, 0.717) is 73.7 Å². The highest BCUT2D eigenvalue weighted by Gasteiger charge is 2.23. The minimum atomic E-state index is -0.182. The normalized spacial score (nSPS) is 13.3. The first-order valence-corrected chi connectivity index (χ1v) is 11.6. The molecule has 1 saturated heterocycles. The molecule has 2 aromatic heterocycles. The molecule has 0 spiro atoms. The van der Waals surface area contributed by atoms with Gasteiger partial charge in [0.15, 0.2) is 17.3 Å². The lowest BCUT2D eigenvalue weighted by atomic mass is 10.2. The highest BCUT2D eigenvalue weighted by atomic mass is 16.5. The highest BCUT2D eigenvalue weighted by molar-refractivity contribution is 5.89. The van der Waals surface area contributed by atoms with Crippen LogP contribution in [-0.4, -0.2) is 81.4 Å². The summed E-state index contributed by atoms with van der Waals surface area (Å²) in [6.07, 6.45) is 2.25. The zero-order valence-electron chi connectivity index (χ0n) is 20.1. The van der Waals surface area contributed by atoms with Crippen LogP contribution in [0.25, 0.3) is 10.9 Å². The van der Waals surface area contributed by atoms with Gasteiger partial charge < -0.3 is 24.6 Å². The van der Waals surface area contributed by atoms with Crippen molar-refractivity contribution in [3.8, 4) is 17.6 Å². The number of nitrogens with zero attached hydrogens (tertiary/aromatic N) is 8. The molecule has 2 amide bonds. The van der Waals surface area contributed by atoms with Crippen LogP contribution in [0.3, 0.4) is 0 Å². The Kier molecular flexibility index (Phi) is 6.89. The maximum Gasteiger partial charge on any atom is 0.321 e. The van der Waals surface area contributed by atoms with Crippen LogP contribution in [0.4, 0.5) is 16.4 Å². The fourth-order valence-electron chi connectivity index (χ4n) is 3.93. The number of carbonyl (C=O) groups excluding carboxylic acids is 1. The summed E-state index contributed by atoms with van der Waals surface area (Å²) in [4.78, 5) is 25.7. The topological polar surface area (TPSA) is 158 Å². The zero-order valence-corrected chi connectivity index (χ0v) is 20.1. The number of hydrogen-bond donors (Lipinski definition) is 2. The van der Waals surface area contributed by atoms with Crippen LogP contribution >= 0.6 is 0 Å². The van der Waals surface area contributed by atoms with Crippen molar-refractivity contribution in [2.75, 3.05) is 50.1 Å². The second-order valence-electron chi connectivity index (χ2n) is 8.25. The summed E-state index contributed by atoms with van der Waals surface area (Å²) in [6, 6.07) is 12.3. The molecule has 1 aliphatic heterocycles. The quantitative estimate of drug-likeness (QED) is 0.384. The molecule has 1 aliphatic rings. The second-order valence-corrected chi connectivity index (χ2v) is 8.25. The van der Waals surface area contributed by atoms with Gasteiger partial charge in [-0.25, -0.2) is 14.8 Å². The lowest BCUT2D eigenvalue weighted by Crippen LogP contribution is -2.50. The largest absolute Gasteiger partial charge is 0.493 e. The number of aromatic amines is 1. The molecule has 37 heavy (non-hydrogen) atoms. The Labute approximate surface area is 212 Å². The number of carbonyl (C=O) groups is 1. The Balaban J connectivity index is 1.22. The van der Waals surface area contributed by atoms with E-state index in [1.807, 2.05) is 17.0 Å². The Morgan fingerprint density at radius 3 is 2.68 bits per heavy atom. The molecule has 0 radical (unpaired) electrons. The van der Waals surface area contributed by atoms with Crippen LogP contribution in [0, 0.1) is 11.3 Å². The van der Waals surface area contributed by atoms with Gasteiger partial charge in [0.05, 0.1) is 30.9 Å². The number of rotatable bonds is 7. The third kappa shape index (κ3) is 5.48. The van der Waals surface area contributed by atoms with E-state index in [9.17, 15) is 4.79 Å². The number of nitrogens with one attached hydrogen (secondary N) is 2. The molecule has 3 heterocycles. The maximum atomic E-state index is 12.7. The molecule has 13 heteroatoms. The van der Waals surface area contributed by atoms with E-state index in [-0.39, 0.29) is 6.03 Å². The Morgan fingerprint density at radius 2 is 1.97 bits per heavy atom. The third-order valence-corrected chi connectivity index (χ3v) is 5.94. The monoisotopic (exact) mass is 500 g/mol. The maximum absolute atomic E-state index is 12.7. The molecule has 2 N–H and O–H groups in total. The molecule has 2 aromatic carbocycles. The molecule has 1 fully saturated rings. The van der Waals surface area contributed by atoms with Crippen LogP contribution in [0.1, 0.15) is 11.4 Å². The van der Waals surface area contributed by atoms with Crippen molar-refractivity contribution >= 4 is 28.6 Å². The van der Waals surface area contributed by atoms with Crippen molar-refractivity contribution in [1.82, 2.24) is 35.5 Å². The average molecular weight is 501 g/mol. The van der Waals surface area contributed by atoms with Crippen LogP contribution < -0.4 is 19.7 Å². The number of anilines is 2. The number of nitriles is 1. The average Bonchev–Trinajstić information content (AvgIpc) is 3.46. The number of benzene rings is 2. The van der Waals surface area contributed by atoms with E-state index in [0.717, 1.165) is 10.9 Å². The van der Waals surface area contributed by atoms with Gasteiger partial charge in [0.1, 0.15) is 0 Å². The summed E-state index contributed by atoms with van der Waals surface area (Å²) >= 11 is 0. The van der Waals surface area contributed by atoms with E-state index >= 15 is 0 Å². The minimum absolute atomic E-state index is 0.182. The second kappa shape index (κ2) is 10.7. The van der Waals surface area contributed by atoms with Crippen LogP contribution in [0.2, 0.25) is 0 Å². The first kappa shape index (κ1) is 23.7. The summed E-state index contributed by atoms with van der Waals surface area (Å²) in [5, 5.41) is 26.4. The summed E-state index contributed by atoms with van der Waals surface area (Å²) in [5.41, 5.74) is 1.92. The first-order valence-electron chi connectivity index (χ1n) is 11.6. The molecule has 0 aliphatic carbocycles. The number of piperazine rings is 1. The van der Waals surface area contributed by atoms with Gasteiger partial charge in [-0.05, 0) is 30.3 Å². The summed E-state index contributed by atoms with van der Waals surface area (Å²) < 4.78 is 11.4. The van der Waals surface area contributed by atoms with Crippen LogP contribution in [0.5, 0.6) is 11.5 Å².